The predicted molar refractivity (Wildman–Crippen MR) is 85.2 cm³/mol. The summed E-state index contributed by atoms with van der Waals surface area (Å²) in [4.78, 5) is 20.3. The Balaban J connectivity index is 2.07. The molecule has 0 spiro atoms. The maximum Gasteiger partial charge on any atom is 0.275 e. The van der Waals surface area contributed by atoms with Gasteiger partial charge in [0.15, 0.2) is 0 Å². The van der Waals surface area contributed by atoms with Crippen LogP contribution in [0, 0.1) is 0 Å². The number of nitrogens with one attached hydrogen (secondary N) is 2. The Hall–Kier alpha value is -1.85. The summed E-state index contributed by atoms with van der Waals surface area (Å²) in [5.74, 6) is 0.239. The van der Waals surface area contributed by atoms with Gasteiger partial charge in [-0.15, -0.1) is 0 Å². The average molecular weight is 325 g/mol. The van der Waals surface area contributed by atoms with Crippen LogP contribution in [0.4, 0.5) is 11.5 Å². The predicted octanol–water partition coefficient (Wildman–Crippen LogP) is 3.86. The molecule has 0 aliphatic heterocycles. The third kappa shape index (κ3) is 4.31. The number of hydrogen-bond donors (Lipinski definition) is 2. The molecule has 0 radical (unpaired) electrons. The third-order valence-corrected chi connectivity index (χ3v) is 3.18. The topological polar surface area (TPSA) is 66.9 Å². The Morgan fingerprint density at radius 3 is 2.71 bits per heavy atom. The van der Waals surface area contributed by atoms with Crippen LogP contribution in [0.15, 0.2) is 30.6 Å². The largest absolute Gasteiger partial charge is 0.369 e. The minimum absolute atomic E-state index is 0.202. The van der Waals surface area contributed by atoms with Gasteiger partial charge in [0.1, 0.15) is 11.5 Å². The van der Waals surface area contributed by atoms with Crippen molar-refractivity contribution in [1.29, 1.82) is 0 Å². The molecular weight excluding hydrogens is 311 g/mol. The fourth-order valence-corrected chi connectivity index (χ4v) is 1.91. The van der Waals surface area contributed by atoms with Crippen LogP contribution in [0.2, 0.25) is 10.0 Å². The first-order valence-corrected chi connectivity index (χ1v) is 7.18. The van der Waals surface area contributed by atoms with Crippen molar-refractivity contribution in [3.63, 3.8) is 0 Å². The van der Waals surface area contributed by atoms with E-state index in [1.165, 1.54) is 12.4 Å². The molecule has 0 atom stereocenters. The van der Waals surface area contributed by atoms with Gasteiger partial charge in [-0.1, -0.05) is 30.1 Å². The molecule has 110 valence electrons. The number of benzene rings is 1. The molecule has 7 heteroatoms. The van der Waals surface area contributed by atoms with Crippen LogP contribution in [0.25, 0.3) is 0 Å². The van der Waals surface area contributed by atoms with E-state index in [-0.39, 0.29) is 5.69 Å². The second kappa shape index (κ2) is 7.24. The molecule has 1 heterocycles. The number of hydrogen-bond acceptors (Lipinski definition) is 4. The van der Waals surface area contributed by atoms with Crippen molar-refractivity contribution in [1.82, 2.24) is 9.97 Å². The summed E-state index contributed by atoms with van der Waals surface area (Å²) in [5.41, 5.74) is 0.636. The van der Waals surface area contributed by atoms with Crippen molar-refractivity contribution in [2.75, 3.05) is 17.2 Å². The highest BCUT2D eigenvalue weighted by Crippen LogP contribution is 2.25. The zero-order valence-corrected chi connectivity index (χ0v) is 12.9. The molecule has 0 unspecified atom stereocenters. The Bertz CT molecular complexity index is 631. The lowest BCUT2D eigenvalue weighted by Gasteiger charge is -2.08. The highest BCUT2D eigenvalue weighted by atomic mass is 35.5. The molecule has 0 bridgehead atoms. The molecule has 2 N–H and O–H groups in total. The molecule has 5 nitrogen and oxygen atoms in total. The number of nitrogens with zero attached hydrogens (tertiary/aromatic N) is 2. The highest BCUT2D eigenvalue weighted by Gasteiger charge is 2.11. The van der Waals surface area contributed by atoms with Crippen LogP contribution >= 0.6 is 23.2 Å². The van der Waals surface area contributed by atoms with E-state index in [2.05, 4.69) is 27.5 Å². The monoisotopic (exact) mass is 324 g/mol. The van der Waals surface area contributed by atoms with E-state index < -0.39 is 5.91 Å². The summed E-state index contributed by atoms with van der Waals surface area (Å²) >= 11 is 11.9. The van der Waals surface area contributed by atoms with Crippen molar-refractivity contribution in [2.24, 2.45) is 0 Å². The SMILES string of the molecule is CCCNc1cnc(C(=O)Nc2cc(Cl)ccc2Cl)cn1. The molecule has 2 aromatic rings. The quantitative estimate of drug-likeness (QED) is 0.876. The van der Waals surface area contributed by atoms with E-state index in [4.69, 9.17) is 23.2 Å². The van der Waals surface area contributed by atoms with Gasteiger partial charge in [-0.05, 0) is 24.6 Å². The normalized spacial score (nSPS) is 10.2. The maximum atomic E-state index is 12.1. The molecule has 0 fully saturated rings. The molecule has 0 saturated carbocycles. The summed E-state index contributed by atoms with van der Waals surface area (Å²) in [6.07, 6.45) is 3.91. The lowest BCUT2D eigenvalue weighted by molar-refractivity contribution is 0.102. The minimum atomic E-state index is -0.395. The smallest absolute Gasteiger partial charge is 0.275 e. The van der Waals surface area contributed by atoms with Gasteiger partial charge in [-0.2, -0.15) is 0 Å². The van der Waals surface area contributed by atoms with Crippen molar-refractivity contribution < 1.29 is 4.79 Å². The van der Waals surface area contributed by atoms with Crippen molar-refractivity contribution in [2.45, 2.75) is 13.3 Å². The van der Waals surface area contributed by atoms with Gasteiger partial charge in [-0.25, -0.2) is 9.97 Å². The van der Waals surface area contributed by atoms with Crippen LogP contribution in [0.5, 0.6) is 0 Å². The van der Waals surface area contributed by atoms with E-state index in [0.717, 1.165) is 13.0 Å². The number of rotatable bonds is 5. The molecule has 1 amide bonds. The summed E-state index contributed by atoms with van der Waals surface area (Å²) < 4.78 is 0. The number of halogens is 2. The Morgan fingerprint density at radius 2 is 2.05 bits per heavy atom. The average Bonchev–Trinajstić information content (AvgIpc) is 2.49. The summed E-state index contributed by atoms with van der Waals surface area (Å²) in [6.45, 7) is 2.86. The van der Waals surface area contributed by atoms with Crippen LogP contribution in [-0.4, -0.2) is 22.4 Å². The van der Waals surface area contributed by atoms with Gasteiger partial charge in [0.25, 0.3) is 5.91 Å². The lowest BCUT2D eigenvalue weighted by Crippen LogP contribution is -2.15. The summed E-state index contributed by atoms with van der Waals surface area (Å²) in [5, 5.41) is 6.63. The second-order valence-electron chi connectivity index (χ2n) is 4.29. The Morgan fingerprint density at radius 1 is 1.24 bits per heavy atom. The van der Waals surface area contributed by atoms with Crippen molar-refractivity contribution in [3.8, 4) is 0 Å². The highest BCUT2D eigenvalue weighted by molar-refractivity contribution is 6.35. The van der Waals surface area contributed by atoms with Crippen LogP contribution in [0.3, 0.4) is 0 Å². The number of carbonyl (C=O) groups is 1. The number of carbonyl (C=O) groups excluding carboxylic acids is 1. The number of anilines is 2. The molecular formula is C14H14Cl2N4O. The Labute approximate surface area is 132 Å². The fraction of sp³-hybridized carbons (Fsp3) is 0.214. The fourth-order valence-electron chi connectivity index (χ4n) is 1.57. The molecule has 1 aromatic carbocycles. The minimum Gasteiger partial charge on any atom is -0.369 e. The molecule has 0 aliphatic rings. The van der Waals surface area contributed by atoms with Crippen LogP contribution in [0.1, 0.15) is 23.8 Å². The first kappa shape index (κ1) is 15.5. The van der Waals surface area contributed by atoms with Gasteiger partial charge in [0.2, 0.25) is 0 Å². The van der Waals surface area contributed by atoms with E-state index in [1.54, 1.807) is 18.2 Å². The standard InChI is InChI=1S/C14H14Cl2N4O/c1-2-5-17-13-8-18-12(7-19-13)14(21)20-11-6-9(15)3-4-10(11)16/h3-4,6-8H,2,5H2,1H3,(H,17,19)(H,20,21). The second-order valence-corrected chi connectivity index (χ2v) is 5.14. The maximum absolute atomic E-state index is 12.1. The first-order valence-electron chi connectivity index (χ1n) is 6.42. The van der Waals surface area contributed by atoms with Crippen LogP contribution in [-0.2, 0) is 0 Å². The van der Waals surface area contributed by atoms with Gasteiger partial charge < -0.3 is 10.6 Å². The lowest BCUT2D eigenvalue weighted by atomic mass is 10.3. The van der Waals surface area contributed by atoms with Gasteiger partial charge in [0.05, 0.1) is 23.1 Å². The number of amides is 1. The van der Waals surface area contributed by atoms with Crippen LogP contribution < -0.4 is 10.6 Å². The molecule has 0 saturated heterocycles. The zero-order chi connectivity index (χ0) is 15.2. The number of aromatic nitrogens is 2. The first-order chi connectivity index (χ1) is 10.1. The van der Waals surface area contributed by atoms with E-state index in [0.29, 0.717) is 21.6 Å². The van der Waals surface area contributed by atoms with E-state index in [9.17, 15) is 4.79 Å². The van der Waals surface area contributed by atoms with Crippen molar-refractivity contribution in [3.05, 3.63) is 46.3 Å². The van der Waals surface area contributed by atoms with E-state index >= 15 is 0 Å². The van der Waals surface area contributed by atoms with Gasteiger partial charge >= 0.3 is 0 Å². The summed E-state index contributed by atoms with van der Waals surface area (Å²) in [6, 6.07) is 4.84. The van der Waals surface area contributed by atoms with Gasteiger partial charge in [-0.3, -0.25) is 4.79 Å². The van der Waals surface area contributed by atoms with Gasteiger partial charge in [0, 0.05) is 11.6 Å². The molecule has 0 aliphatic carbocycles. The van der Waals surface area contributed by atoms with Crippen molar-refractivity contribution >= 4 is 40.6 Å². The summed E-state index contributed by atoms with van der Waals surface area (Å²) in [7, 11) is 0. The van der Waals surface area contributed by atoms with E-state index in [1.807, 2.05) is 0 Å². The Kier molecular flexibility index (Phi) is 5.36. The molecule has 2 rings (SSSR count). The molecule has 1 aromatic heterocycles. The zero-order valence-electron chi connectivity index (χ0n) is 11.4. The molecule has 21 heavy (non-hydrogen) atoms. The third-order valence-electron chi connectivity index (χ3n) is 2.62.